The monoisotopic (exact) mass is 383 g/mol. The highest BCUT2D eigenvalue weighted by Crippen LogP contribution is 2.53. The van der Waals surface area contributed by atoms with E-state index in [0.717, 1.165) is 24.5 Å². The summed E-state index contributed by atoms with van der Waals surface area (Å²) in [5, 5.41) is 9.41. The van der Waals surface area contributed by atoms with Crippen LogP contribution in [0.5, 0.6) is 0 Å². The number of halogens is 3. The van der Waals surface area contributed by atoms with Gasteiger partial charge >= 0.3 is 19.7 Å². The highest BCUT2D eigenvalue weighted by molar-refractivity contribution is 9.10. The summed E-state index contributed by atoms with van der Waals surface area (Å²) < 4.78 is 43.9. The first kappa shape index (κ1) is 15.4. The zero-order chi connectivity index (χ0) is 15.1. The standard InChI is InChI=1S/C11H6BrF2O4PS/c1-18-19(17)11(13,14)6-4-8-5(2-7(6)12)3-9(20-8)10(15)16/h2-4H,1H3/p+1. The predicted octanol–water partition coefficient (Wildman–Crippen LogP) is 4.80. The van der Waals surface area contributed by atoms with Crippen molar-refractivity contribution in [3.63, 3.8) is 0 Å². The summed E-state index contributed by atoms with van der Waals surface area (Å²) >= 11 is 3.86. The van der Waals surface area contributed by atoms with Gasteiger partial charge in [0.2, 0.25) is 0 Å². The first-order chi connectivity index (χ1) is 9.27. The molecular weight excluding hydrogens is 377 g/mol. The highest BCUT2D eigenvalue weighted by Gasteiger charge is 2.56. The molecule has 4 nitrogen and oxygen atoms in total. The topological polar surface area (TPSA) is 63.6 Å². The second-order valence-electron chi connectivity index (χ2n) is 3.77. The molecule has 2 aromatic rings. The molecule has 0 radical (unpaired) electrons. The average molecular weight is 384 g/mol. The van der Waals surface area contributed by atoms with Crippen molar-refractivity contribution < 1.29 is 27.8 Å². The number of hydrogen-bond acceptors (Lipinski definition) is 4. The van der Waals surface area contributed by atoms with Crippen molar-refractivity contribution >= 4 is 51.4 Å². The number of hydrogen-bond donors (Lipinski definition) is 1. The van der Waals surface area contributed by atoms with Gasteiger partial charge in [0.1, 0.15) is 4.88 Å². The number of aromatic carboxylic acids is 1. The van der Waals surface area contributed by atoms with Gasteiger partial charge in [0.15, 0.2) is 0 Å². The van der Waals surface area contributed by atoms with Crippen LogP contribution in [-0.4, -0.2) is 18.2 Å². The molecule has 1 aromatic heterocycles. The van der Waals surface area contributed by atoms with Gasteiger partial charge in [0.25, 0.3) is 0 Å². The molecule has 0 aliphatic rings. The van der Waals surface area contributed by atoms with E-state index >= 15 is 0 Å². The number of rotatable bonds is 4. The number of fused-ring (bicyclic) bond motifs is 1. The zero-order valence-corrected chi connectivity index (χ0v) is 13.2. The van der Waals surface area contributed by atoms with Crippen LogP contribution in [0.4, 0.5) is 8.78 Å². The summed E-state index contributed by atoms with van der Waals surface area (Å²) in [6.07, 6.45) is 0. The van der Waals surface area contributed by atoms with Crippen molar-refractivity contribution in [3.8, 4) is 0 Å². The summed E-state index contributed by atoms with van der Waals surface area (Å²) in [6.45, 7) is 0. The van der Waals surface area contributed by atoms with Gasteiger partial charge in [-0.3, -0.25) is 0 Å². The van der Waals surface area contributed by atoms with Crippen molar-refractivity contribution in [2.45, 2.75) is 5.66 Å². The maximum Gasteiger partial charge on any atom is 0.591 e. The van der Waals surface area contributed by atoms with E-state index in [-0.39, 0.29) is 9.35 Å². The predicted molar refractivity (Wildman–Crippen MR) is 75.0 cm³/mol. The third-order valence-corrected chi connectivity index (χ3v) is 5.31. The molecule has 9 heteroatoms. The summed E-state index contributed by atoms with van der Waals surface area (Å²) in [6, 6.07) is 3.90. The van der Waals surface area contributed by atoms with Crippen LogP contribution in [0, 0.1) is 0 Å². The Hall–Kier alpha value is -0.950. The third-order valence-electron chi connectivity index (χ3n) is 2.54. The Kier molecular flexibility index (Phi) is 4.20. The molecule has 1 atom stereocenters. The molecule has 0 amide bonds. The fraction of sp³-hybridized carbons (Fsp3) is 0.182. The number of alkyl halides is 2. The van der Waals surface area contributed by atoms with Crippen LogP contribution in [-0.2, 0) is 14.8 Å². The Morgan fingerprint density at radius 1 is 1.45 bits per heavy atom. The highest BCUT2D eigenvalue weighted by atomic mass is 79.9. The Morgan fingerprint density at radius 3 is 2.65 bits per heavy atom. The Morgan fingerprint density at radius 2 is 2.10 bits per heavy atom. The van der Waals surface area contributed by atoms with E-state index in [4.69, 9.17) is 5.11 Å². The van der Waals surface area contributed by atoms with Gasteiger partial charge < -0.3 is 5.11 Å². The summed E-state index contributed by atoms with van der Waals surface area (Å²) in [7, 11) is -2.26. The van der Waals surface area contributed by atoms with Crippen LogP contribution < -0.4 is 0 Å². The fourth-order valence-electron chi connectivity index (χ4n) is 1.61. The summed E-state index contributed by atoms with van der Waals surface area (Å²) in [5.74, 6) is -1.13. The molecule has 0 aliphatic heterocycles. The van der Waals surface area contributed by atoms with Gasteiger partial charge in [-0.15, -0.1) is 24.6 Å². The normalized spacial score (nSPS) is 12.7. The van der Waals surface area contributed by atoms with Gasteiger partial charge in [-0.2, -0.15) is 0 Å². The van der Waals surface area contributed by atoms with Crippen molar-refractivity contribution in [3.05, 3.63) is 33.1 Å². The van der Waals surface area contributed by atoms with Crippen LogP contribution in [0.2, 0.25) is 0 Å². The molecule has 0 spiro atoms. The van der Waals surface area contributed by atoms with E-state index in [1.54, 1.807) is 0 Å². The second-order valence-corrected chi connectivity index (χ2v) is 7.15. The van der Waals surface area contributed by atoms with Gasteiger partial charge in [0, 0.05) is 9.17 Å². The second kappa shape index (κ2) is 5.44. The molecule has 1 heterocycles. The van der Waals surface area contributed by atoms with Crippen LogP contribution in [0.3, 0.4) is 0 Å². The van der Waals surface area contributed by atoms with Gasteiger partial charge in [-0.05, 0) is 28.2 Å². The number of carboxylic acid groups (broad SMARTS) is 1. The Bertz CT molecular complexity index is 716. The van der Waals surface area contributed by atoms with E-state index in [1.165, 1.54) is 12.1 Å². The molecule has 2 rings (SSSR count). The average Bonchev–Trinajstić information content (AvgIpc) is 2.79. The fourth-order valence-corrected chi connectivity index (χ4v) is 3.90. The van der Waals surface area contributed by atoms with Crippen LogP contribution in [0.25, 0.3) is 10.1 Å². The van der Waals surface area contributed by atoms with Crippen LogP contribution >= 0.6 is 35.3 Å². The van der Waals surface area contributed by atoms with Crippen molar-refractivity contribution in [2.75, 3.05) is 7.11 Å². The lowest BCUT2D eigenvalue weighted by Gasteiger charge is -2.07. The number of benzene rings is 1. The molecule has 0 bridgehead atoms. The molecule has 106 valence electrons. The Labute approximate surface area is 125 Å². The lowest BCUT2D eigenvalue weighted by molar-refractivity contribution is 0.0702. The minimum atomic E-state index is -3.66. The van der Waals surface area contributed by atoms with Gasteiger partial charge in [-0.1, -0.05) is 15.9 Å². The third kappa shape index (κ3) is 2.61. The minimum Gasteiger partial charge on any atom is -0.477 e. The maximum atomic E-state index is 14.0. The van der Waals surface area contributed by atoms with Crippen LogP contribution in [0.1, 0.15) is 15.2 Å². The smallest absolute Gasteiger partial charge is 0.477 e. The molecule has 1 N–H and O–H groups in total. The number of carboxylic acids is 1. The molecule has 0 saturated carbocycles. The maximum absolute atomic E-state index is 14.0. The molecule has 1 aromatic carbocycles. The van der Waals surface area contributed by atoms with Crippen LogP contribution in [0.15, 0.2) is 22.7 Å². The van der Waals surface area contributed by atoms with E-state index in [0.29, 0.717) is 10.1 Å². The van der Waals surface area contributed by atoms with Gasteiger partial charge in [0.05, 0.1) is 12.7 Å². The molecule has 0 saturated heterocycles. The minimum absolute atomic E-state index is 0.0449. The molecule has 0 aliphatic carbocycles. The van der Waals surface area contributed by atoms with E-state index in [2.05, 4.69) is 20.5 Å². The van der Waals surface area contributed by atoms with E-state index < -0.39 is 25.2 Å². The lowest BCUT2D eigenvalue weighted by atomic mass is 10.2. The molecule has 1 unspecified atom stereocenters. The molecule has 20 heavy (non-hydrogen) atoms. The van der Waals surface area contributed by atoms with E-state index in [1.807, 2.05) is 0 Å². The van der Waals surface area contributed by atoms with Gasteiger partial charge in [-0.25, -0.2) is 4.79 Å². The summed E-state index contributed by atoms with van der Waals surface area (Å²) in [5.41, 5.74) is -4.16. The first-order valence-electron chi connectivity index (χ1n) is 5.13. The number of thiophene rings is 1. The lowest BCUT2D eigenvalue weighted by Crippen LogP contribution is -2.09. The number of carbonyl (C=O) groups is 1. The van der Waals surface area contributed by atoms with Crippen molar-refractivity contribution in [1.82, 2.24) is 0 Å². The molecule has 0 fully saturated rings. The first-order valence-corrected chi connectivity index (χ1v) is 7.92. The summed E-state index contributed by atoms with van der Waals surface area (Å²) in [4.78, 5) is 10.9. The largest absolute Gasteiger partial charge is 0.591 e. The van der Waals surface area contributed by atoms with Crippen molar-refractivity contribution in [2.24, 2.45) is 0 Å². The molecular formula is C11H7BrF2O4PS+. The zero-order valence-electron chi connectivity index (χ0n) is 9.89. The quantitative estimate of drug-likeness (QED) is 0.770. The SMILES string of the molecule is CO[P+](=O)C(F)(F)c1cc2sc(C(=O)O)cc2cc1Br. The van der Waals surface area contributed by atoms with E-state index in [9.17, 15) is 18.1 Å². The Balaban J connectivity index is 2.63. The van der Waals surface area contributed by atoms with Crippen molar-refractivity contribution in [1.29, 1.82) is 0 Å².